The van der Waals surface area contributed by atoms with Crippen LogP contribution in [-0.2, 0) is 11.2 Å². The number of methoxy groups -OCH3 is 5. The van der Waals surface area contributed by atoms with Gasteiger partial charge in [0.1, 0.15) is 5.69 Å². The number of carbonyl (C=O) groups excluding carboxylic acids is 1. The van der Waals surface area contributed by atoms with Gasteiger partial charge in [0.15, 0.2) is 23.0 Å². The van der Waals surface area contributed by atoms with Gasteiger partial charge in [0.25, 0.3) is 5.56 Å². The van der Waals surface area contributed by atoms with E-state index in [4.69, 9.17) is 34.2 Å². The molecular weight excluding hydrogens is 578 g/mol. The number of nitrogens with zero attached hydrogens (tertiary/aromatic N) is 2. The van der Waals surface area contributed by atoms with Gasteiger partial charge in [-0.1, -0.05) is 6.07 Å². The normalized spacial score (nSPS) is 10.8. The monoisotopic (exact) mass is 611 g/mol. The van der Waals surface area contributed by atoms with E-state index in [9.17, 15) is 9.59 Å². The number of pyridine rings is 2. The van der Waals surface area contributed by atoms with Crippen molar-refractivity contribution in [1.82, 2.24) is 9.55 Å². The van der Waals surface area contributed by atoms with E-state index in [1.54, 1.807) is 54.7 Å². The summed E-state index contributed by atoms with van der Waals surface area (Å²) in [6, 6.07) is 18.9. The first kappa shape index (κ1) is 30.7. The van der Waals surface area contributed by atoms with Crippen LogP contribution < -0.4 is 35.0 Å². The number of ether oxygens (including phenoxy) is 6. The number of esters is 1. The molecule has 2 aromatic heterocycles. The second kappa shape index (κ2) is 13.3. The number of nitrogens with two attached hydrogens (primary N) is 1. The van der Waals surface area contributed by atoms with Crippen molar-refractivity contribution in [2.75, 3.05) is 47.9 Å². The molecule has 0 aliphatic carbocycles. The van der Waals surface area contributed by atoms with Crippen LogP contribution in [0.2, 0.25) is 0 Å². The van der Waals surface area contributed by atoms with E-state index in [1.807, 2.05) is 18.2 Å². The predicted molar refractivity (Wildman–Crippen MR) is 170 cm³/mol. The van der Waals surface area contributed by atoms with Crippen molar-refractivity contribution in [2.45, 2.75) is 6.42 Å². The Morgan fingerprint density at radius 3 is 2.04 bits per heavy atom. The molecule has 0 spiro atoms. The standard InChI is InChI=1S/C34H33N3O8/c1-40-26-18-24-25(19-27(26)45-15-13-22-8-6-7-14-36-22)33(38)37(23-11-9-21(35)10-12-23)31(34(39)44-5)30(24)20-16-28(41-2)32(43-4)29(17-20)42-3/h6-12,14,16-19H,13,15,35H2,1-5H3. The molecular formula is C34H33N3O8. The minimum absolute atomic E-state index is 0.0279. The van der Waals surface area contributed by atoms with Crippen molar-refractivity contribution in [2.24, 2.45) is 0 Å². The van der Waals surface area contributed by atoms with Crippen LogP contribution in [-0.4, -0.2) is 57.7 Å². The summed E-state index contributed by atoms with van der Waals surface area (Å²) in [7, 11) is 7.24. The molecule has 0 radical (unpaired) electrons. The molecule has 11 heteroatoms. The highest BCUT2D eigenvalue weighted by Crippen LogP contribution is 2.45. The molecule has 3 aromatic carbocycles. The maximum absolute atomic E-state index is 14.4. The van der Waals surface area contributed by atoms with E-state index in [1.165, 1.54) is 40.1 Å². The average Bonchev–Trinajstić information content (AvgIpc) is 3.07. The lowest BCUT2D eigenvalue weighted by Gasteiger charge is -2.21. The fraction of sp³-hybridized carbons (Fsp3) is 0.206. The number of fused-ring (bicyclic) bond motifs is 1. The molecule has 0 saturated heterocycles. The summed E-state index contributed by atoms with van der Waals surface area (Å²) in [6.45, 7) is 0.283. The second-order valence-electron chi connectivity index (χ2n) is 9.83. The first-order chi connectivity index (χ1) is 21.8. The van der Waals surface area contributed by atoms with Crippen molar-refractivity contribution in [3.8, 4) is 45.6 Å². The summed E-state index contributed by atoms with van der Waals surface area (Å²) in [6.07, 6.45) is 2.25. The zero-order chi connectivity index (χ0) is 32.1. The molecule has 5 aromatic rings. The Labute approximate surface area is 259 Å². The molecule has 0 unspecified atom stereocenters. The maximum Gasteiger partial charge on any atom is 0.355 e. The SMILES string of the molecule is COC(=O)c1c(-c2cc(OC)c(OC)c(OC)c2)c2cc(OC)c(OCCc3ccccn3)cc2c(=O)n1-c1ccc(N)cc1. The molecule has 5 rings (SSSR count). The quantitative estimate of drug-likeness (QED) is 0.159. The first-order valence-electron chi connectivity index (χ1n) is 13.9. The lowest BCUT2D eigenvalue weighted by atomic mass is 9.95. The Morgan fingerprint density at radius 1 is 0.800 bits per heavy atom. The van der Waals surface area contributed by atoms with Crippen molar-refractivity contribution in [3.05, 3.63) is 94.7 Å². The Kier molecular flexibility index (Phi) is 9.08. The highest BCUT2D eigenvalue weighted by atomic mass is 16.5. The van der Waals surface area contributed by atoms with E-state index in [0.717, 1.165) is 5.69 Å². The molecule has 2 N–H and O–H groups in total. The molecule has 232 valence electrons. The van der Waals surface area contributed by atoms with Crippen molar-refractivity contribution >= 4 is 22.4 Å². The van der Waals surface area contributed by atoms with Crippen LogP contribution in [0.15, 0.2) is 77.7 Å². The Bertz CT molecular complexity index is 1880. The fourth-order valence-corrected chi connectivity index (χ4v) is 5.17. The topological polar surface area (TPSA) is 133 Å². The molecule has 11 nitrogen and oxygen atoms in total. The predicted octanol–water partition coefficient (Wildman–Crippen LogP) is 5.08. The summed E-state index contributed by atoms with van der Waals surface area (Å²) in [5.74, 6) is 1.02. The van der Waals surface area contributed by atoms with Gasteiger partial charge in [-0.3, -0.25) is 14.3 Å². The van der Waals surface area contributed by atoms with Gasteiger partial charge in [0, 0.05) is 40.6 Å². The summed E-state index contributed by atoms with van der Waals surface area (Å²) in [5, 5.41) is 0.673. The number of carbonyl (C=O) groups is 1. The van der Waals surface area contributed by atoms with Crippen LogP contribution in [0.1, 0.15) is 16.2 Å². The van der Waals surface area contributed by atoms with Crippen LogP contribution in [0.25, 0.3) is 27.6 Å². The van der Waals surface area contributed by atoms with Gasteiger partial charge in [-0.05, 0) is 66.2 Å². The molecule has 0 saturated carbocycles. The van der Waals surface area contributed by atoms with Crippen LogP contribution >= 0.6 is 0 Å². The van der Waals surface area contributed by atoms with Gasteiger partial charge in [-0.2, -0.15) is 0 Å². The van der Waals surface area contributed by atoms with E-state index in [-0.39, 0.29) is 17.7 Å². The Balaban J connectivity index is 1.85. The lowest BCUT2D eigenvalue weighted by Crippen LogP contribution is -2.27. The average molecular weight is 612 g/mol. The van der Waals surface area contributed by atoms with E-state index in [2.05, 4.69) is 4.98 Å². The van der Waals surface area contributed by atoms with Crippen molar-refractivity contribution in [3.63, 3.8) is 0 Å². The summed E-state index contributed by atoms with van der Waals surface area (Å²) in [5.41, 5.74) is 8.05. The molecule has 0 amide bonds. The van der Waals surface area contributed by atoms with Crippen LogP contribution in [0.3, 0.4) is 0 Å². The van der Waals surface area contributed by atoms with E-state index in [0.29, 0.717) is 63.1 Å². The van der Waals surface area contributed by atoms with Gasteiger partial charge in [-0.15, -0.1) is 0 Å². The van der Waals surface area contributed by atoms with E-state index < -0.39 is 11.5 Å². The largest absolute Gasteiger partial charge is 0.493 e. The van der Waals surface area contributed by atoms with Crippen LogP contribution in [0, 0.1) is 0 Å². The zero-order valence-corrected chi connectivity index (χ0v) is 25.6. The number of rotatable bonds is 11. The van der Waals surface area contributed by atoms with Gasteiger partial charge in [-0.25, -0.2) is 4.79 Å². The van der Waals surface area contributed by atoms with Crippen LogP contribution in [0.5, 0.6) is 28.7 Å². The number of hydrogen-bond acceptors (Lipinski definition) is 10. The minimum Gasteiger partial charge on any atom is -0.493 e. The van der Waals surface area contributed by atoms with Gasteiger partial charge in [0.2, 0.25) is 5.75 Å². The second-order valence-corrected chi connectivity index (χ2v) is 9.83. The van der Waals surface area contributed by atoms with Crippen molar-refractivity contribution < 1.29 is 33.2 Å². The highest BCUT2D eigenvalue weighted by Gasteiger charge is 2.28. The van der Waals surface area contributed by atoms with Gasteiger partial charge >= 0.3 is 5.97 Å². The molecule has 0 bridgehead atoms. The number of benzene rings is 3. The third kappa shape index (κ3) is 5.92. The maximum atomic E-state index is 14.4. The lowest BCUT2D eigenvalue weighted by molar-refractivity contribution is 0.0591. The Hall–Kier alpha value is -5.71. The molecule has 45 heavy (non-hydrogen) atoms. The molecule has 0 fully saturated rings. The van der Waals surface area contributed by atoms with Crippen molar-refractivity contribution in [1.29, 1.82) is 0 Å². The summed E-state index contributed by atoms with van der Waals surface area (Å²) < 4.78 is 35.2. The number of hydrogen-bond donors (Lipinski definition) is 1. The molecule has 2 heterocycles. The number of nitrogen functional groups attached to an aromatic ring is 1. The first-order valence-corrected chi connectivity index (χ1v) is 13.9. The zero-order valence-electron chi connectivity index (χ0n) is 25.6. The molecule has 0 atom stereocenters. The number of anilines is 1. The van der Waals surface area contributed by atoms with E-state index >= 15 is 0 Å². The molecule has 0 aliphatic rings. The minimum atomic E-state index is -0.746. The third-order valence-corrected chi connectivity index (χ3v) is 7.29. The van der Waals surface area contributed by atoms with Gasteiger partial charge in [0.05, 0.1) is 47.5 Å². The third-order valence-electron chi connectivity index (χ3n) is 7.29. The van der Waals surface area contributed by atoms with Crippen LogP contribution in [0.4, 0.5) is 5.69 Å². The summed E-state index contributed by atoms with van der Waals surface area (Å²) >= 11 is 0. The smallest absolute Gasteiger partial charge is 0.355 e. The number of aromatic nitrogens is 2. The highest BCUT2D eigenvalue weighted by molar-refractivity contribution is 6.08. The molecule has 0 aliphatic heterocycles. The fourth-order valence-electron chi connectivity index (χ4n) is 5.17. The summed E-state index contributed by atoms with van der Waals surface area (Å²) in [4.78, 5) is 32.4. The Morgan fingerprint density at radius 2 is 1.47 bits per heavy atom. The van der Waals surface area contributed by atoms with Gasteiger partial charge < -0.3 is 34.2 Å².